The van der Waals surface area contributed by atoms with E-state index in [1.165, 1.54) is 0 Å². The lowest BCUT2D eigenvalue weighted by atomic mass is 9.75. The number of carbonyl (C=O) groups is 1. The average Bonchev–Trinajstić information content (AvgIpc) is 3.71. The number of carbonyl (C=O) groups excluding carboxylic acids is 1. The van der Waals surface area contributed by atoms with Crippen molar-refractivity contribution >= 4 is 34.4 Å². The van der Waals surface area contributed by atoms with Crippen molar-refractivity contribution in [1.82, 2.24) is 24.8 Å². The molecule has 9 heteroatoms. The van der Waals surface area contributed by atoms with Gasteiger partial charge in [-0.05, 0) is 62.1 Å². The van der Waals surface area contributed by atoms with E-state index in [2.05, 4.69) is 64.1 Å². The van der Waals surface area contributed by atoms with Gasteiger partial charge < -0.3 is 24.4 Å². The van der Waals surface area contributed by atoms with Crippen LogP contribution in [0.3, 0.4) is 0 Å². The standard InChI is InChI=1S/C32H41ClN6O2/c1-6-19(16-24-20-7-8-21(15-20)27(24)32(40)37(2)3)28-25(33)18-34-31-29(28)35-30(36-31)23-10-9-22(17-26(23)41-5)39-13-11-38(4)12-14-39/h7-10,17-21,24,27H,6,11-16H2,1-5H3,(H,34,35,36). The number of nitrogens with one attached hydrogen (secondary N) is 1. The Labute approximate surface area is 247 Å². The number of aromatic nitrogens is 3. The van der Waals surface area contributed by atoms with Gasteiger partial charge in [0.25, 0.3) is 0 Å². The summed E-state index contributed by atoms with van der Waals surface area (Å²) in [5.74, 6) is 3.03. The SMILES string of the molecule is CCC(CC1C2C=CC(C2)C1C(=O)N(C)C)c1c(Cl)cnc2nc(-c3ccc(N4CCN(C)CC4)cc3OC)[nH]c12. The lowest BCUT2D eigenvalue weighted by molar-refractivity contribution is -0.135. The van der Waals surface area contributed by atoms with Crippen molar-refractivity contribution in [1.29, 1.82) is 0 Å². The number of hydrogen-bond acceptors (Lipinski definition) is 6. The topological polar surface area (TPSA) is 77.6 Å². The first kappa shape index (κ1) is 28.0. The molecule has 3 heterocycles. The summed E-state index contributed by atoms with van der Waals surface area (Å²) in [5.41, 5.74) is 4.63. The third-order valence-corrected chi connectivity index (χ3v) is 9.93. The van der Waals surface area contributed by atoms with Crippen LogP contribution in [0.4, 0.5) is 5.69 Å². The molecule has 1 amide bonds. The first-order valence-electron chi connectivity index (χ1n) is 14.8. The van der Waals surface area contributed by atoms with E-state index >= 15 is 0 Å². The third kappa shape index (κ3) is 5.10. The van der Waals surface area contributed by atoms with Gasteiger partial charge >= 0.3 is 0 Å². The maximum atomic E-state index is 13.2. The Bertz CT molecular complexity index is 1460. The fraction of sp³-hybridized carbons (Fsp3) is 0.531. The van der Waals surface area contributed by atoms with Crippen LogP contribution >= 0.6 is 11.6 Å². The molecule has 1 aliphatic heterocycles. The minimum absolute atomic E-state index is 0.0329. The van der Waals surface area contributed by atoms with Crippen molar-refractivity contribution in [3.8, 4) is 17.1 Å². The van der Waals surface area contributed by atoms with Gasteiger partial charge in [0.15, 0.2) is 5.65 Å². The van der Waals surface area contributed by atoms with Crippen LogP contribution < -0.4 is 9.64 Å². The number of halogens is 1. The van der Waals surface area contributed by atoms with Crippen molar-refractivity contribution in [2.75, 3.05) is 59.3 Å². The molecule has 1 saturated carbocycles. The second kappa shape index (κ2) is 11.3. The number of hydrogen-bond donors (Lipinski definition) is 1. The summed E-state index contributed by atoms with van der Waals surface area (Å²) >= 11 is 6.89. The molecule has 1 aromatic carbocycles. The molecule has 2 bridgehead atoms. The van der Waals surface area contributed by atoms with E-state index < -0.39 is 0 Å². The molecule has 3 aromatic rings. The van der Waals surface area contributed by atoms with Gasteiger partial charge in [-0.15, -0.1) is 0 Å². The van der Waals surface area contributed by atoms with Crippen molar-refractivity contribution in [3.05, 3.63) is 47.1 Å². The molecule has 2 aliphatic carbocycles. The molecular formula is C32H41ClN6O2. The second-order valence-corrected chi connectivity index (χ2v) is 12.6. The minimum atomic E-state index is 0.0329. The molecule has 1 N–H and O–H groups in total. The maximum absolute atomic E-state index is 13.2. The first-order valence-corrected chi connectivity index (χ1v) is 15.2. The van der Waals surface area contributed by atoms with Crippen molar-refractivity contribution in [2.45, 2.75) is 32.1 Å². The zero-order chi connectivity index (χ0) is 28.8. The first-order chi connectivity index (χ1) is 19.8. The number of fused-ring (bicyclic) bond motifs is 3. The van der Waals surface area contributed by atoms with Crippen molar-refractivity contribution in [2.24, 2.45) is 23.7 Å². The van der Waals surface area contributed by atoms with Crippen LogP contribution in [0.25, 0.3) is 22.6 Å². The zero-order valence-corrected chi connectivity index (χ0v) is 25.5. The molecule has 2 fully saturated rings. The highest BCUT2D eigenvalue weighted by molar-refractivity contribution is 6.32. The Morgan fingerprint density at radius 3 is 2.66 bits per heavy atom. The number of methoxy groups -OCH3 is 1. The van der Waals surface area contributed by atoms with E-state index in [-0.39, 0.29) is 17.7 Å². The normalized spacial score (nSPS) is 24.8. The predicted molar refractivity (Wildman–Crippen MR) is 165 cm³/mol. The van der Waals surface area contributed by atoms with Gasteiger partial charge in [0.2, 0.25) is 5.91 Å². The smallest absolute Gasteiger partial charge is 0.226 e. The molecule has 0 spiro atoms. The van der Waals surface area contributed by atoms with Crippen LogP contribution in [0.1, 0.15) is 37.7 Å². The van der Waals surface area contributed by atoms with Gasteiger partial charge in [-0.1, -0.05) is 30.7 Å². The number of nitrogens with zero attached hydrogens (tertiary/aromatic N) is 5. The Morgan fingerprint density at radius 2 is 1.95 bits per heavy atom. The van der Waals surface area contributed by atoms with Gasteiger partial charge in [0.05, 0.1) is 23.2 Å². The van der Waals surface area contributed by atoms with Gasteiger partial charge in [-0.25, -0.2) is 9.97 Å². The number of pyridine rings is 1. The molecule has 6 rings (SSSR count). The van der Waals surface area contributed by atoms with Crippen LogP contribution in [0.2, 0.25) is 5.02 Å². The van der Waals surface area contributed by atoms with Crippen LogP contribution in [0.5, 0.6) is 5.75 Å². The Morgan fingerprint density at radius 1 is 1.20 bits per heavy atom. The van der Waals surface area contributed by atoms with Crippen molar-refractivity contribution < 1.29 is 9.53 Å². The average molecular weight is 577 g/mol. The minimum Gasteiger partial charge on any atom is -0.496 e. The van der Waals surface area contributed by atoms with Gasteiger partial charge in [-0.3, -0.25) is 4.79 Å². The zero-order valence-electron chi connectivity index (χ0n) is 24.7. The number of rotatable bonds is 8. The van der Waals surface area contributed by atoms with Crippen LogP contribution in [0.15, 0.2) is 36.5 Å². The number of likely N-dealkylation sites (N-methyl/N-ethyl adjacent to an activating group) is 1. The number of anilines is 1. The van der Waals surface area contributed by atoms with E-state index in [1.54, 1.807) is 18.2 Å². The fourth-order valence-corrected chi connectivity index (χ4v) is 7.64. The number of ether oxygens (including phenoxy) is 1. The lowest BCUT2D eigenvalue weighted by Crippen LogP contribution is -2.44. The van der Waals surface area contributed by atoms with Crippen LogP contribution in [0, 0.1) is 23.7 Å². The number of allylic oxidation sites excluding steroid dienone is 2. The van der Waals surface area contributed by atoms with Gasteiger partial charge in [-0.2, -0.15) is 0 Å². The quantitative estimate of drug-likeness (QED) is 0.359. The Kier molecular flexibility index (Phi) is 7.72. The summed E-state index contributed by atoms with van der Waals surface area (Å²) in [7, 11) is 7.61. The summed E-state index contributed by atoms with van der Waals surface area (Å²) in [6.07, 6.45) is 9.21. The van der Waals surface area contributed by atoms with E-state index in [4.69, 9.17) is 21.3 Å². The van der Waals surface area contributed by atoms with Gasteiger partial charge in [0.1, 0.15) is 11.6 Å². The fourth-order valence-electron chi connectivity index (χ4n) is 7.34. The Balaban J connectivity index is 1.33. The van der Waals surface area contributed by atoms with Gasteiger partial charge in [0, 0.05) is 69.7 Å². The summed E-state index contributed by atoms with van der Waals surface area (Å²) < 4.78 is 5.86. The summed E-state index contributed by atoms with van der Waals surface area (Å²) in [6.45, 7) is 6.28. The second-order valence-electron chi connectivity index (χ2n) is 12.2. The largest absolute Gasteiger partial charge is 0.496 e. The molecule has 5 unspecified atom stereocenters. The number of H-pyrrole nitrogens is 1. The highest BCUT2D eigenvalue weighted by Gasteiger charge is 2.49. The Hall–Kier alpha value is -3.10. The molecule has 2 aromatic heterocycles. The predicted octanol–water partition coefficient (Wildman–Crippen LogP) is 5.45. The number of benzene rings is 1. The summed E-state index contributed by atoms with van der Waals surface area (Å²) in [6, 6.07) is 6.34. The lowest BCUT2D eigenvalue weighted by Gasteiger charge is -2.34. The van der Waals surface area contributed by atoms with Crippen LogP contribution in [-0.4, -0.2) is 85.1 Å². The molecule has 1 saturated heterocycles. The van der Waals surface area contributed by atoms with E-state index in [0.717, 1.165) is 79.3 Å². The summed E-state index contributed by atoms with van der Waals surface area (Å²) in [5, 5.41) is 0.645. The molecular weight excluding hydrogens is 536 g/mol. The van der Waals surface area contributed by atoms with Crippen molar-refractivity contribution in [3.63, 3.8) is 0 Å². The molecule has 41 heavy (non-hydrogen) atoms. The third-order valence-electron chi connectivity index (χ3n) is 9.63. The van der Waals surface area contributed by atoms with E-state index in [0.29, 0.717) is 28.4 Å². The molecule has 218 valence electrons. The number of amides is 1. The molecule has 0 radical (unpaired) electrons. The maximum Gasteiger partial charge on any atom is 0.226 e. The van der Waals surface area contributed by atoms with Crippen LogP contribution in [-0.2, 0) is 4.79 Å². The number of imidazole rings is 1. The number of piperazine rings is 1. The molecule has 5 atom stereocenters. The van der Waals surface area contributed by atoms with E-state index in [1.807, 2.05) is 14.1 Å². The highest BCUT2D eigenvalue weighted by atomic mass is 35.5. The highest BCUT2D eigenvalue weighted by Crippen LogP contribution is 2.53. The molecule has 3 aliphatic rings. The summed E-state index contributed by atoms with van der Waals surface area (Å²) in [4.78, 5) is 32.8. The molecule has 8 nitrogen and oxygen atoms in total. The number of aromatic amines is 1. The van der Waals surface area contributed by atoms with E-state index in [9.17, 15) is 4.79 Å². The monoisotopic (exact) mass is 576 g/mol.